The van der Waals surface area contributed by atoms with Crippen LogP contribution in [0.5, 0.6) is 0 Å². The number of aromatic amines is 3. The number of nitrogens with two attached hydrogens (primary N) is 2. The van der Waals surface area contributed by atoms with E-state index in [1.54, 1.807) is 0 Å². The Bertz CT molecular complexity index is 2650. The van der Waals surface area contributed by atoms with E-state index in [0.717, 1.165) is 109 Å². The number of ether oxygens (including phenoxy) is 4. The first-order valence-electron chi connectivity index (χ1n) is 24.7. The Labute approximate surface area is 401 Å². The van der Waals surface area contributed by atoms with E-state index < -0.39 is 0 Å². The Morgan fingerprint density at radius 1 is 0.529 bits per heavy atom. The molecule has 10 bridgehead atoms. The molecule has 2 aliphatic heterocycles. The fourth-order valence-electron chi connectivity index (χ4n) is 9.27. The Balaban J connectivity index is 1.44. The van der Waals surface area contributed by atoms with Crippen LogP contribution in [0.1, 0.15) is 118 Å². The zero-order valence-corrected chi connectivity index (χ0v) is 41.5. The Kier molecular flexibility index (Phi) is 19.7. The summed E-state index contributed by atoms with van der Waals surface area (Å²) in [6.45, 7) is 20.6. The fourth-order valence-corrected chi connectivity index (χ4v) is 9.27. The average molecular weight is 934 g/mol. The van der Waals surface area contributed by atoms with Crippen molar-refractivity contribution in [2.24, 2.45) is 11.5 Å². The van der Waals surface area contributed by atoms with Crippen molar-refractivity contribution in [3.05, 3.63) is 80.9 Å². The van der Waals surface area contributed by atoms with Gasteiger partial charge in [0.25, 0.3) is 0 Å². The molecule has 4 aromatic heterocycles. The molecule has 0 unspecified atom stereocenters. The number of nitrogens with one attached hydrogen (secondary N) is 5. The monoisotopic (exact) mass is 934 g/mol. The molecule has 0 atom stereocenters. The lowest BCUT2D eigenvalue weighted by molar-refractivity contribution is -0.122. The summed E-state index contributed by atoms with van der Waals surface area (Å²) in [5.41, 5.74) is 30.6. The molecule has 15 nitrogen and oxygen atoms in total. The predicted octanol–water partition coefficient (Wildman–Crippen LogP) is 7.55. The minimum absolute atomic E-state index is 0.0335. The molecular formula is C53H75N9O6. The number of carbonyl (C=O) groups is 2. The molecule has 0 saturated carbocycles. The van der Waals surface area contributed by atoms with Gasteiger partial charge in [-0.1, -0.05) is 27.7 Å². The molecule has 9 N–H and O–H groups in total. The summed E-state index contributed by atoms with van der Waals surface area (Å²) in [5, 5.41) is 6.04. The number of carbonyl (C=O) groups excluding carboxylic acids is 2. The molecule has 2 amide bonds. The highest BCUT2D eigenvalue weighted by Crippen LogP contribution is 2.40. The minimum Gasteiger partial charge on any atom is -0.378 e. The predicted molar refractivity (Wildman–Crippen MR) is 275 cm³/mol. The topological polar surface area (TPSA) is 220 Å². The first-order valence-corrected chi connectivity index (χ1v) is 24.7. The van der Waals surface area contributed by atoms with Gasteiger partial charge in [-0.25, -0.2) is 9.97 Å². The van der Waals surface area contributed by atoms with E-state index >= 15 is 0 Å². The summed E-state index contributed by atoms with van der Waals surface area (Å²) in [7, 11) is 0. The summed E-state index contributed by atoms with van der Waals surface area (Å²) in [6.07, 6.45) is 4.99. The van der Waals surface area contributed by atoms with E-state index in [2.05, 4.69) is 104 Å². The van der Waals surface area contributed by atoms with Crippen molar-refractivity contribution in [1.29, 1.82) is 0 Å². The van der Waals surface area contributed by atoms with Gasteiger partial charge in [-0.15, -0.1) is 0 Å². The highest BCUT2D eigenvalue weighted by atomic mass is 16.5. The molecule has 68 heavy (non-hydrogen) atoms. The van der Waals surface area contributed by atoms with Gasteiger partial charge in [0.1, 0.15) is 0 Å². The van der Waals surface area contributed by atoms with Crippen molar-refractivity contribution in [3.63, 3.8) is 0 Å². The van der Waals surface area contributed by atoms with Crippen LogP contribution in [0.15, 0.2) is 30.3 Å². The van der Waals surface area contributed by atoms with Gasteiger partial charge in [-0.3, -0.25) is 9.59 Å². The Hall–Kier alpha value is -5.42. The van der Waals surface area contributed by atoms with Gasteiger partial charge in [0.2, 0.25) is 11.8 Å². The van der Waals surface area contributed by atoms with Crippen molar-refractivity contribution in [2.45, 2.75) is 99.8 Å². The standard InChI is InChI=1S/C53H75N9O6/c1-8-38-34(6)52-53-35(7)39(9-2)47(62-53)31-44-36(12-14-50(63)56-18-22-67-26-24-65-20-16-54)28-37(58-44)29-45-40(10-3)41(11-4)48(60-45)32-49-42(33(5)43(59-49)30-46(38)61-52)13-15-51(64)57-19-23-68-27-25-66-21-17-55/h28-32,58-60H,8-27,54-55H2,1-7H3,(H,56,63)(H,57,64). The lowest BCUT2D eigenvalue weighted by atomic mass is 9.99. The summed E-state index contributed by atoms with van der Waals surface area (Å²) < 4.78 is 22.0. The molecule has 0 spiro atoms. The molecule has 4 aromatic rings. The summed E-state index contributed by atoms with van der Waals surface area (Å²) in [6, 6.07) is 10.9. The molecule has 368 valence electrons. The second-order valence-electron chi connectivity index (χ2n) is 17.2. The van der Waals surface area contributed by atoms with Crippen LogP contribution in [0.25, 0.3) is 55.4 Å². The number of nitrogens with zero attached hydrogens (tertiary/aromatic N) is 2. The second kappa shape index (κ2) is 25.8. The van der Waals surface area contributed by atoms with E-state index in [1.165, 1.54) is 22.3 Å². The van der Waals surface area contributed by atoms with Crippen LogP contribution >= 0.6 is 0 Å². The minimum atomic E-state index is -0.0399. The number of aryl methyl sites for hydroxylation is 5. The molecule has 15 heteroatoms. The molecule has 0 fully saturated rings. The van der Waals surface area contributed by atoms with Crippen LogP contribution in [0.3, 0.4) is 0 Å². The summed E-state index contributed by atoms with van der Waals surface area (Å²) >= 11 is 0. The zero-order chi connectivity index (χ0) is 48.6. The smallest absolute Gasteiger partial charge is 0.220 e. The van der Waals surface area contributed by atoms with Crippen molar-refractivity contribution >= 4 is 67.2 Å². The normalized spacial score (nSPS) is 12.7. The number of hydrogen-bond donors (Lipinski definition) is 7. The summed E-state index contributed by atoms with van der Waals surface area (Å²) in [4.78, 5) is 48.4. The second-order valence-corrected chi connectivity index (χ2v) is 17.2. The average Bonchev–Trinajstić information content (AvgIpc) is 4.11. The van der Waals surface area contributed by atoms with Gasteiger partial charge in [-0.2, -0.15) is 0 Å². The molecule has 0 saturated heterocycles. The van der Waals surface area contributed by atoms with Crippen LogP contribution < -0.4 is 22.1 Å². The molecule has 6 heterocycles. The third-order valence-electron chi connectivity index (χ3n) is 12.8. The SMILES string of the molecule is CCC1=C(C)c2nc1cc1[nH]c(cc1CCC(=O)NCCOCCOCCN)cc1[nH]c(cc3[nH]c(cc4nc2C(C)=C4CC)c(C)c3CCC(=O)NCCOCCOCCN)c(CC)c1CC. The number of hydrogen-bond acceptors (Lipinski definition) is 10. The van der Waals surface area contributed by atoms with Gasteiger partial charge < -0.3 is 56.0 Å². The van der Waals surface area contributed by atoms with E-state index in [1.807, 2.05) is 0 Å². The van der Waals surface area contributed by atoms with Crippen LogP contribution in [0.2, 0.25) is 0 Å². The maximum Gasteiger partial charge on any atom is 0.220 e. The van der Waals surface area contributed by atoms with Crippen LogP contribution in [0.4, 0.5) is 0 Å². The third-order valence-corrected chi connectivity index (χ3v) is 12.8. The maximum absolute atomic E-state index is 13.2. The lowest BCUT2D eigenvalue weighted by Gasteiger charge is -2.07. The van der Waals surface area contributed by atoms with Gasteiger partial charge in [-0.05, 0) is 140 Å². The number of amides is 2. The summed E-state index contributed by atoms with van der Waals surface area (Å²) in [5.74, 6) is -0.0734. The highest BCUT2D eigenvalue weighted by Gasteiger charge is 2.25. The Morgan fingerprint density at radius 2 is 1.00 bits per heavy atom. The molecule has 0 aliphatic carbocycles. The van der Waals surface area contributed by atoms with Crippen LogP contribution in [0, 0.1) is 6.92 Å². The zero-order valence-electron chi connectivity index (χ0n) is 41.5. The van der Waals surface area contributed by atoms with Gasteiger partial charge in [0.15, 0.2) is 0 Å². The molecule has 0 aromatic carbocycles. The van der Waals surface area contributed by atoms with E-state index in [9.17, 15) is 9.59 Å². The highest BCUT2D eigenvalue weighted by molar-refractivity contribution is 5.99. The van der Waals surface area contributed by atoms with Crippen LogP contribution in [-0.2, 0) is 54.2 Å². The number of H-pyrrole nitrogens is 3. The Morgan fingerprint density at radius 3 is 1.51 bits per heavy atom. The fraction of sp³-hybridized carbons (Fsp3) is 0.509. The maximum atomic E-state index is 13.2. The van der Waals surface area contributed by atoms with Crippen molar-refractivity contribution < 1.29 is 28.5 Å². The van der Waals surface area contributed by atoms with E-state index in [-0.39, 0.29) is 11.8 Å². The van der Waals surface area contributed by atoms with E-state index in [4.69, 9.17) is 40.4 Å². The molecular weight excluding hydrogens is 859 g/mol. The van der Waals surface area contributed by atoms with Crippen molar-refractivity contribution in [1.82, 2.24) is 35.6 Å². The van der Waals surface area contributed by atoms with Gasteiger partial charge >= 0.3 is 0 Å². The quantitative estimate of drug-likeness (QED) is 0.0307. The molecule has 6 rings (SSSR count). The third kappa shape index (κ3) is 13.0. The van der Waals surface area contributed by atoms with E-state index in [0.29, 0.717) is 105 Å². The van der Waals surface area contributed by atoms with Crippen LogP contribution in [-0.4, -0.2) is 116 Å². The van der Waals surface area contributed by atoms with Crippen molar-refractivity contribution in [3.8, 4) is 0 Å². The lowest BCUT2D eigenvalue weighted by Crippen LogP contribution is -2.27. The molecule has 0 radical (unpaired) electrons. The number of rotatable bonds is 26. The van der Waals surface area contributed by atoms with Gasteiger partial charge in [0.05, 0.1) is 75.6 Å². The number of allylic oxidation sites excluding steroid dienone is 4. The first kappa shape index (κ1) is 52.0. The largest absolute Gasteiger partial charge is 0.378 e. The number of fused-ring (bicyclic) bond motifs is 11. The number of aromatic nitrogens is 5. The van der Waals surface area contributed by atoms with Crippen molar-refractivity contribution in [2.75, 3.05) is 79.0 Å². The van der Waals surface area contributed by atoms with Gasteiger partial charge in [0, 0.05) is 72.1 Å². The molecule has 2 aliphatic rings. The first-order chi connectivity index (χ1) is 33.0.